The van der Waals surface area contributed by atoms with Crippen LogP contribution in [0.1, 0.15) is 10.4 Å². The second-order valence-electron chi connectivity index (χ2n) is 3.34. The van der Waals surface area contributed by atoms with Gasteiger partial charge in [-0.05, 0) is 35.9 Å². The highest BCUT2D eigenvalue weighted by Gasteiger charge is 2.07. The van der Waals surface area contributed by atoms with Crippen molar-refractivity contribution in [1.29, 1.82) is 0 Å². The molecule has 0 fully saturated rings. The predicted molar refractivity (Wildman–Crippen MR) is 59.7 cm³/mol. The molecule has 1 aromatic carbocycles. The first-order chi connectivity index (χ1) is 7.70. The van der Waals surface area contributed by atoms with Gasteiger partial charge in [0.25, 0.3) is 0 Å². The van der Waals surface area contributed by atoms with Crippen LogP contribution in [0.15, 0.2) is 36.5 Å². The summed E-state index contributed by atoms with van der Waals surface area (Å²) in [4.78, 5) is 13.6. The lowest BCUT2D eigenvalue weighted by Crippen LogP contribution is -1.91. The number of H-pyrrole nitrogens is 1. The van der Waals surface area contributed by atoms with Crippen LogP contribution in [0.2, 0.25) is 0 Å². The molecule has 2 N–H and O–H groups in total. The first-order valence-corrected chi connectivity index (χ1v) is 4.77. The van der Waals surface area contributed by atoms with Gasteiger partial charge in [0.1, 0.15) is 5.75 Å². The second kappa shape index (κ2) is 4.10. The summed E-state index contributed by atoms with van der Waals surface area (Å²) in [5.74, 6) is -0.162. The van der Waals surface area contributed by atoms with E-state index >= 15 is 0 Å². The minimum atomic E-state index is -0.934. The number of aromatic amines is 1. The molecule has 0 radical (unpaired) electrons. The van der Waals surface area contributed by atoms with E-state index in [0.29, 0.717) is 0 Å². The second-order valence-corrected chi connectivity index (χ2v) is 3.34. The molecule has 16 heavy (non-hydrogen) atoms. The molecular formula is C12H11NO3. The van der Waals surface area contributed by atoms with Crippen molar-refractivity contribution in [3.05, 3.63) is 42.1 Å². The van der Waals surface area contributed by atoms with Crippen molar-refractivity contribution >= 4 is 5.97 Å². The molecule has 4 nitrogen and oxygen atoms in total. The molecule has 1 heterocycles. The van der Waals surface area contributed by atoms with Gasteiger partial charge < -0.3 is 14.8 Å². The lowest BCUT2D eigenvalue weighted by molar-refractivity contribution is 0.0697. The van der Waals surface area contributed by atoms with Crippen molar-refractivity contribution in [1.82, 2.24) is 4.98 Å². The maximum atomic E-state index is 10.7. The number of rotatable bonds is 3. The predicted octanol–water partition coefficient (Wildman–Crippen LogP) is 2.39. The molecule has 82 valence electrons. The van der Waals surface area contributed by atoms with Gasteiger partial charge in [-0.3, -0.25) is 0 Å². The minimum absolute atomic E-state index is 0.255. The van der Waals surface area contributed by atoms with Crippen molar-refractivity contribution in [2.45, 2.75) is 0 Å². The molecule has 0 atom stereocenters. The van der Waals surface area contributed by atoms with Crippen molar-refractivity contribution in [3.63, 3.8) is 0 Å². The third-order valence-corrected chi connectivity index (χ3v) is 2.33. The molecule has 0 saturated carbocycles. The average molecular weight is 217 g/mol. The first-order valence-electron chi connectivity index (χ1n) is 4.77. The maximum absolute atomic E-state index is 10.7. The van der Waals surface area contributed by atoms with Gasteiger partial charge in [-0.2, -0.15) is 0 Å². The minimum Gasteiger partial charge on any atom is -0.497 e. The van der Waals surface area contributed by atoms with Gasteiger partial charge in [0.2, 0.25) is 0 Å². The van der Waals surface area contributed by atoms with Gasteiger partial charge in [0.05, 0.1) is 12.7 Å². The van der Waals surface area contributed by atoms with Crippen LogP contribution in [0.5, 0.6) is 5.75 Å². The summed E-state index contributed by atoms with van der Waals surface area (Å²) >= 11 is 0. The van der Waals surface area contributed by atoms with Crippen LogP contribution in [-0.2, 0) is 0 Å². The Bertz CT molecular complexity index is 499. The maximum Gasteiger partial charge on any atom is 0.337 e. The summed E-state index contributed by atoms with van der Waals surface area (Å²) in [5.41, 5.74) is 1.96. The molecule has 0 spiro atoms. The fourth-order valence-electron chi connectivity index (χ4n) is 1.46. The SMILES string of the molecule is COc1ccc(-c2cc(C(=O)O)c[nH]2)cc1. The number of aromatic nitrogens is 1. The summed E-state index contributed by atoms with van der Waals surface area (Å²) in [5, 5.41) is 8.79. The number of hydrogen-bond acceptors (Lipinski definition) is 2. The summed E-state index contributed by atoms with van der Waals surface area (Å²) in [6, 6.07) is 9.00. The zero-order valence-corrected chi connectivity index (χ0v) is 8.73. The van der Waals surface area contributed by atoms with E-state index < -0.39 is 5.97 Å². The van der Waals surface area contributed by atoms with E-state index in [1.54, 1.807) is 13.2 Å². The molecule has 0 amide bonds. The Balaban J connectivity index is 2.31. The van der Waals surface area contributed by atoms with Crippen LogP contribution in [-0.4, -0.2) is 23.2 Å². The topological polar surface area (TPSA) is 62.3 Å². The van der Waals surface area contributed by atoms with E-state index in [0.717, 1.165) is 17.0 Å². The number of carboxylic acid groups (broad SMARTS) is 1. The standard InChI is InChI=1S/C12H11NO3/c1-16-10-4-2-8(3-5-10)11-6-9(7-13-11)12(14)15/h2-7,13H,1H3,(H,14,15). The molecular weight excluding hydrogens is 206 g/mol. The number of nitrogens with one attached hydrogen (secondary N) is 1. The van der Waals surface area contributed by atoms with E-state index in [9.17, 15) is 4.79 Å². The zero-order valence-electron chi connectivity index (χ0n) is 8.73. The number of benzene rings is 1. The summed E-state index contributed by atoms with van der Waals surface area (Å²) in [6.45, 7) is 0. The largest absolute Gasteiger partial charge is 0.497 e. The molecule has 0 aliphatic carbocycles. The van der Waals surface area contributed by atoms with Crippen LogP contribution < -0.4 is 4.74 Å². The van der Waals surface area contributed by atoms with Crippen molar-refractivity contribution in [2.75, 3.05) is 7.11 Å². The number of methoxy groups -OCH3 is 1. The van der Waals surface area contributed by atoms with Crippen LogP contribution in [0.3, 0.4) is 0 Å². The summed E-state index contributed by atoms with van der Waals surface area (Å²) < 4.78 is 5.04. The third kappa shape index (κ3) is 1.91. The van der Waals surface area contributed by atoms with Crippen LogP contribution in [0.25, 0.3) is 11.3 Å². The van der Waals surface area contributed by atoms with Crippen molar-refractivity contribution < 1.29 is 14.6 Å². The van der Waals surface area contributed by atoms with Gasteiger partial charge in [-0.1, -0.05) is 0 Å². The molecule has 0 aliphatic heterocycles. The van der Waals surface area contributed by atoms with E-state index in [2.05, 4.69) is 4.98 Å². The highest BCUT2D eigenvalue weighted by atomic mass is 16.5. The van der Waals surface area contributed by atoms with E-state index in [-0.39, 0.29) is 5.56 Å². The fourth-order valence-corrected chi connectivity index (χ4v) is 1.46. The smallest absolute Gasteiger partial charge is 0.337 e. The zero-order chi connectivity index (χ0) is 11.5. The van der Waals surface area contributed by atoms with E-state index in [1.165, 1.54) is 6.20 Å². The number of aromatic carboxylic acids is 1. The lowest BCUT2D eigenvalue weighted by atomic mass is 10.1. The molecule has 0 aliphatic rings. The normalized spacial score (nSPS) is 10.1. The Kier molecular flexibility index (Phi) is 2.64. The average Bonchev–Trinajstić information content (AvgIpc) is 2.78. The number of carbonyl (C=O) groups is 1. The molecule has 0 saturated heterocycles. The van der Waals surface area contributed by atoms with Crippen LogP contribution in [0, 0.1) is 0 Å². The van der Waals surface area contributed by atoms with Gasteiger partial charge in [0.15, 0.2) is 0 Å². The molecule has 2 rings (SSSR count). The monoisotopic (exact) mass is 217 g/mol. The van der Waals surface area contributed by atoms with Crippen LogP contribution in [0.4, 0.5) is 0 Å². The summed E-state index contributed by atoms with van der Waals surface area (Å²) in [6.07, 6.45) is 1.47. The molecule has 1 aromatic heterocycles. The molecule has 4 heteroatoms. The molecule has 2 aromatic rings. The van der Waals surface area contributed by atoms with E-state index in [4.69, 9.17) is 9.84 Å². The molecule has 0 bridgehead atoms. The highest BCUT2D eigenvalue weighted by molar-refractivity contribution is 5.89. The summed E-state index contributed by atoms with van der Waals surface area (Å²) in [7, 11) is 1.60. The van der Waals surface area contributed by atoms with Gasteiger partial charge in [-0.15, -0.1) is 0 Å². The number of hydrogen-bond donors (Lipinski definition) is 2. The Labute approximate surface area is 92.5 Å². The van der Waals surface area contributed by atoms with E-state index in [1.807, 2.05) is 24.3 Å². The number of ether oxygens (including phenoxy) is 1. The fraction of sp³-hybridized carbons (Fsp3) is 0.0833. The lowest BCUT2D eigenvalue weighted by Gasteiger charge is -2.00. The Morgan fingerprint density at radius 2 is 2.00 bits per heavy atom. The quantitative estimate of drug-likeness (QED) is 0.829. The Morgan fingerprint density at radius 1 is 1.31 bits per heavy atom. The van der Waals surface area contributed by atoms with Gasteiger partial charge in [0, 0.05) is 11.9 Å². The van der Waals surface area contributed by atoms with Crippen LogP contribution >= 0.6 is 0 Å². The first kappa shape index (κ1) is 10.3. The van der Waals surface area contributed by atoms with Gasteiger partial charge in [-0.25, -0.2) is 4.79 Å². The van der Waals surface area contributed by atoms with Crippen molar-refractivity contribution in [2.24, 2.45) is 0 Å². The molecule has 0 unspecified atom stereocenters. The Morgan fingerprint density at radius 3 is 2.50 bits per heavy atom. The van der Waals surface area contributed by atoms with Gasteiger partial charge >= 0.3 is 5.97 Å². The van der Waals surface area contributed by atoms with Crippen molar-refractivity contribution in [3.8, 4) is 17.0 Å². The number of carboxylic acids is 1. The third-order valence-electron chi connectivity index (χ3n) is 2.33. The Hall–Kier alpha value is -2.23. The highest BCUT2D eigenvalue weighted by Crippen LogP contribution is 2.21.